The summed E-state index contributed by atoms with van der Waals surface area (Å²) >= 11 is 5.98. The first kappa shape index (κ1) is 13.7. The first-order valence-electron chi connectivity index (χ1n) is 6.05. The Bertz CT molecular complexity index is 519. The van der Waals surface area contributed by atoms with Gasteiger partial charge in [0.2, 0.25) is 0 Å². The molecule has 0 aromatic heterocycles. The number of hydrogen-bond acceptors (Lipinski definition) is 2. The molecule has 0 unspecified atom stereocenters. The van der Waals surface area contributed by atoms with Crippen LogP contribution in [0.4, 0.5) is 10.5 Å². The molecule has 1 heterocycles. The van der Waals surface area contributed by atoms with Crippen molar-refractivity contribution in [3.05, 3.63) is 28.8 Å². The van der Waals surface area contributed by atoms with E-state index in [2.05, 4.69) is 5.32 Å². The van der Waals surface area contributed by atoms with E-state index in [-0.39, 0.29) is 0 Å². The lowest BCUT2D eigenvalue weighted by molar-refractivity contribution is -0.141. The van der Waals surface area contributed by atoms with Crippen molar-refractivity contribution in [3.8, 4) is 0 Å². The van der Waals surface area contributed by atoms with Crippen LogP contribution in [-0.2, 0) is 4.79 Å². The Hall–Kier alpha value is -1.75. The first-order valence-corrected chi connectivity index (χ1v) is 6.43. The molecule has 0 aliphatic carbocycles. The number of nitrogens with one attached hydrogen (secondary N) is 1. The molecule has 2 N–H and O–H groups in total. The second kappa shape index (κ2) is 5.48. The van der Waals surface area contributed by atoms with Gasteiger partial charge in [0.1, 0.15) is 6.04 Å². The maximum atomic E-state index is 12.0. The van der Waals surface area contributed by atoms with Gasteiger partial charge >= 0.3 is 12.0 Å². The maximum Gasteiger partial charge on any atom is 0.326 e. The van der Waals surface area contributed by atoms with E-state index in [0.29, 0.717) is 30.1 Å². The van der Waals surface area contributed by atoms with Crippen LogP contribution in [-0.4, -0.2) is 34.6 Å². The smallest absolute Gasteiger partial charge is 0.326 e. The molecule has 1 aliphatic heterocycles. The number of benzene rings is 1. The highest BCUT2D eigenvalue weighted by Crippen LogP contribution is 2.22. The lowest BCUT2D eigenvalue weighted by atomic mass is 10.2. The maximum absolute atomic E-state index is 12.0. The second-order valence-electron chi connectivity index (χ2n) is 4.58. The zero-order chi connectivity index (χ0) is 14.0. The van der Waals surface area contributed by atoms with Gasteiger partial charge in [0, 0.05) is 17.3 Å². The third-order valence-electron chi connectivity index (χ3n) is 3.22. The molecule has 2 rings (SSSR count). The highest BCUT2D eigenvalue weighted by molar-refractivity contribution is 6.31. The third kappa shape index (κ3) is 2.98. The Morgan fingerprint density at radius 2 is 2.21 bits per heavy atom. The van der Waals surface area contributed by atoms with Gasteiger partial charge in [0.05, 0.1) is 0 Å². The average Bonchev–Trinajstić information content (AvgIpc) is 2.83. The van der Waals surface area contributed by atoms with Gasteiger partial charge in [-0.2, -0.15) is 0 Å². The molecule has 0 spiro atoms. The van der Waals surface area contributed by atoms with E-state index in [1.807, 2.05) is 6.92 Å². The molecule has 2 amide bonds. The molecule has 0 saturated carbocycles. The van der Waals surface area contributed by atoms with Gasteiger partial charge in [-0.1, -0.05) is 17.7 Å². The predicted molar refractivity (Wildman–Crippen MR) is 72.6 cm³/mol. The highest BCUT2D eigenvalue weighted by atomic mass is 35.5. The van der Waals surface area contributed by atoms with Gasteiger partial charge in [-0.3, -0.25) is 0 Å². The molecular weight excluding hydrogens is 268 g/mol. The van der Waals surface area contributed by atoms with Crippen molar-refractivity contribution in [2.75, 3.05) is 11.9 Å². The van der Waals surface area contributed by atoms with Crippen molar-refractivity contribution >= 4 is 29.3 Å². The van der Waals surface area contributed by atoms with E-state index < -0.39 is 18.0 Å². The van der Waals surface area contributed by atoms with Crippen molar-refractivity contribution in [1.29, 1.82) is 0 Å². The third-order valence-corrected chi connectivity index (χ3v) is 3.63. The number of aryl methyl sites for hydroxylation is 1. The fourth-order valence-corrected chi connectivity index (χ4v) is 2.31. The molecule has 1 atom stereocenters. The molecule has 19 heavy (non-hydrogen) atoms. The van der Waals surface area contributed by atoms with E-state index in [9.17, 15) is 9.59 Å². The summed E-state index contributed by atoms with van der Waals surface area (Å²) < 4.78 is 0. The number of carbonyl (C=O) groups is 2. The Balaban J connectivity index is 2.08. The zero-order valence-electron chi connectivity index (χ0n) is 10.5. The van der Waals surface area contributed by atoms with Gasteiger partial charge in [-0.05, 0) is 37.5 Å². The number of carboxylic acids is 1. The van der Waals surface area contributed by atoms with E-state index in [1.54, 1.807) is 18.2 Å². The number of aliphatic carboxylic acids is 1. The number of nitrogens with zero attached hydrogens (tertiary/aromatic N) is 1. The van der Waals surface area contributed by atoms with Crippen molar-refractivity contribution in [3.63, 3.8) is 0 Å². The van der Waals surface area contributed by atoms with Crippen molar-refractivity contribution in [2.45, 2.75) is 25.8 Å². The molecule has 1 aliphatic rings. The molecular formula is C13H15ClN2O3. The summed E-state index contributed by atoms with van der Waals surface area (Å²) in [5.41, 5.74) is 1.49. The SMILES string of the molecule is Cc1ccc(NC(=O)N2CCC[C@@H]2C(=O)O)cc1Cl. The molecule has 1 aromatic carbocycles. The van der Waals surface area contributed by atoms with Gasteiger partial charge in [0.15, 0.2) is 0 Å². The first-order chi connectivity index (χ1) is 8.99. The fourth-order valence-electron chi connectivity index (χ4n) is 2.13. The van der Waals surface area contributed by atoms with E-state index in [0.717, 1.165) is 5.56 Å². The number of urea groups is 1. The van der Waals surface area contributed by atoms with Crippen LogP contribution in [0.1, 0.15) is 18.4 Å². The standard InChI is InChI=1S/C13H15ClN2O3/c1-8-4-5-9(7-10(8)14)15-13(19)16-6-2-3-11(16)12(17)18/h4-5,7,11H,2-3,6H2,1H3,(H,15,19)(H,17,18)/t11-/m1/s1. The molecule has 102 valence electrons. The van der Waals surface area contributed by atoms with E-state index >= 15 is 0 Å². The Kier molecular flexibility index (Phi) is 3.95. The van der Waals surface area contributed by atoms with E-state index in [1.165, 1.54) is 4.90 Å². The van der Waals surface area contributed by atoms with Crippen molar-refractivity contribution < 1.29 is 14.7 Å². The van der Waals surface area contributed by atoms with Crippen LogP contribution < -0.4 is 5.32 Å². The topological polar surface area (TPSA) is 69.6 Å². The summed E-state index contributed by atoms with van der Waals surface area (Å²) in [5.74, 6) is -0.963. The molecule has 0 bridgehead atoms. The molecule has 6 heteroatoms. The lowest BCUT2D eigenvalue weighted by Gasteiger charge is -2.21. The number of anilines is 1. The number of carboxylic acid groups (broad SMARTS) is 1. The summed E-state index contributed by atoms with van der Waals surface area (Å²) in [6, 6.07) is 4.06. The van der Waals surface area contributed by atoms with Crippen molar-refractivity contribution in [1.82, 2.24) is 4.90 Å². The monoisotopic (exact) mass is 282 g/mol. The van der Waals surface area contributed by atoms with Crippen LogP contribution in [0.3, 0.4) is 0 Å². The van der Waals surface area contributed by atoms with Crippen LogP contribution in [0.25, 0.3) is 0 Å². The number of amides is 2. The Labute approximate surface area is 116 Å². The van der Waals surface area contributed by atoms with Gasteiger partial charge in [-0.25, -0.2) is 9.59 Å². The second-order valence-corrected chi connectivity index (χ2v) is 4.99. The summed E-state index contributed by atoms with van der Waals surface area (Å²) in [4.78, 5) is 24.4. The Morgan fingerprint density at radius 1 is 1.47 bits per heavy atom. The lowest BCUT2D eigenvalue weighted by Crippen LogP contribution is -2.42. The van der Waals surface area contributed by atoms with Crippen LogP contribution >= 0.6 is 11.6 Å². The fraction of sp³-hybridized carbons (Fsp3) is 0.385. The number of hydrogen-bond donors (Lipinski definition) is 2. The van der Waals surface area contributed by atoms with Crippen molar-refractivity contribution in [2.24, 2.45) is 0 Å². The summed E-state index contributed by atoms with van der Waals surface area (Å²) in [6.07, 6.45) is 1.20. The number of likely N-dealkylation sites (tertiary alicyclic amines) is 1. The summed E-state index contributed by atoms with van der Waals surface area (Å²) in [5, 5.41) is 12.3. The largest absolute Gasteiger partial charge is 0.480 e. The molecule has 1 saturated heterocycles. The Morgan fingerprint density at radius 3 is 2.84 bits per heavy atom. The van der Waals surface area contributed by atoms with Crippen LogP contribution in [0.2, 0.25) is 5.02 Å². The van der Waals surface area contributed by atoms with Gasteiger partial charge in [0.25, 0.3) is 0 Å². The molecule has 1 fully saturated rings. The van der Waals surface area contributed by atoms with Crippen LogP contribution in [0.15, 0.2) is 18.2 Å². The minimum Gasteiger partial charge on any atom is -0.480 e. The normalized spacial score (nSPS) is 18.4. The van der Waals surface area contributed by atoms with Gasteiger partial charge < -0.3 is 15.3 Å². The quantitative estimate of drug-likeness (QED) is 0.876. The number of rotatable bonds is 2. The minimum atomic E-state index is -0.963. The molecule has 5 nitrogen and oxygen atoms in total. The minimum absolute atomic E-state index is 0.398. The summed E-state index contributed by atoms with van der Waals surface area (Å²) in [7, 11) is 0. The molecule has 1 aromatic rings. The highest BCUT2D eigenvalue weighted by Gasteiger charge is 2.33. The average molecular weight is 283 g/mol. The number of carbonyl (C=O) groups excluding carboxylic acids is 1. The van der Waals surface area contributed by atoms with Crippen LogP contribution in [0.5, 0.6) is 0 Å². The number of halogens is 1. The molecule has 0 radical (unpaired) electrons. The zero-order valence-corrected chi connectivity index (χ0v) is 11.3. The van der Waals surface area contributed by atoms with E-state index in [4.69, 9.17) is 16.7 Å². The van der Waals surface area contributed by atoms with Crippen LogP contribution in [0, 0.1) is 6.92 Å². The summed E-state index contributed by atoms with van der Waals surface area (Å²) in [6.45, 7) is 2.33. The predicted octanol–water partition coefficient (Wildman–Crippen LogP) is 2.73. The van der Waals surface area contributed by atoms with Gasteiger partial charge in [-0.15, -0.1) is 0 Å².